The highest BCUT2D eigenvalue weighted by Gasteiger charge is 2.04. The summed E-state index contributed by atoms with van der Waals surface area (Å²) in [5.74, 6) is 0. The number of benzene rings is 2. The van der Waals surface area contributed by atoms with E-state index in [0.29, 0.717) is 0 Å². The number of hydrogen-bond acceptors (Lipinski definition) is 1. The van der Waals surface area contributed by atoms with Crippen LogP contribution in [0.4, 0.5) is 0 Å². The third-order valence-electron chi connectivity index (χ3n) is 2.63. The molecule has 1 heterocycles. The highest BCUT2D eigenvalue weighted by atomic mass is 79.9. The minimum absolute atomic E-state index is 0.909. The van der Waals surface area contributed by atoms with E-state index in [0.717, 1.165) is 15.4 Å². The van der Waals surface area contributed by atoms with Crippen molar-refractivity contribution in [2.75, 3.05) is 0 Å². The molecule has 0 bridgehead atoms. The van der Waals surface area contributed by atoms with Crippen molar-refractivity contribution in [3.63, 3.8) is 0 Å². The first-order valence-corrected chi connectivity index (χ1v) is 5.86. The Bertz CT molecular complexity index is 626. The number of furan rings is 1. The van der Waals surface area contributed by atoms with Crippen molar-refractivity contribution in [1.29, 1.82) is 0 Å². The highest BCUT2D eigenvalue weighted by molar-refractivity contribution is 9.10. The Hall–Kier alpha value is -1.54. The quantitative estimate of drug-likeness (QED) is 0.617. The van der Waals surface area contributed by atoms with E-state index in [9.17, 15) is 0 Å². The lowest BCUT2D eigenvalue weighted by Crippen LogP contribution is -1.76. The molecule has 2 aromatic carbocycles. The van der Waals surface area contributed by atoms with Gasteiger partial charge < -0.3 is 4.42 Å². The molecule has 0 unspecified atom stereocenters. The summed E-state index contributed by atoms with van der Waals surface area (Å²) in [5, 5.41) is 1.11. The van der Waals surface area contributed by atoms with E-state index in [-0.39, 0.29) is 0 Å². The summed E-state index contributed by atoms with van der Waals surface area (Å²) < 4.78 is 6.39. The molecule has 3 rings (SSSR count). The fourth-order valence-corrected chi connectivity index (χ4v) is 2.21. The van der Waals surface area contributed by atoms with Gasteiger partial charge >= 0.3 is 0 Å². The van der Waals surface area contributed by atoms with Crippen LogP contribution in [0, 0.1) is 0 Å². The van der Waals surface area contributed by atoms with Crippen LogP contribution in [0.1, 0.15) is 0 Å². The van der Waals surface area contributed by atoms with Gasteiger partial charge in [-0.2, -0.15) is 0 Å². The van der Waals surface area contributed by atoms with Gasteiger partial charge in [-0.05, 0) is 39.2 Å². The molecule has 0 aliphatic carbocycles. The summed E-state index contributed by atoms with van der Waals surface area (Å²) in [4.78, 5) is 0. The van der Waals surface area contributed by atoms with Crippen molar-refractivity contribution in [1.82, 2.24) is 0 Å². The third kappa shape index (κ3) is 1.55. The topological polar surface area (TPSA) is 13.1 Å². The van der Waals surface area contributed by atoms with Gasteiger partial charge in [0.2, 0.25) is 0 Å². The number of fused-ring (bicyclic) bond motifs is 1. The monoisotopic (exact) mass is 272 g/mol. The van der Waals surface area contributed by atoms with Crippen LogP contribution in [-0.2, 0) is 0 Å². The first kappa shape index (κ1) is 9.67. The molecule has 1 aromatic heterocycles. The van der Waals surface area contributed by atoms with Crippen LogP contribution in [0.25, 0.3) is 22.1 Å². The van der Waals surface area contributed by atoms with E-state index in [4.69, 9.17) is 4.42 Å². The molecule has 3 aromatic rings. The predicted octanol–water partition coefficient (Wildman–Crippen LogP) is 4.86. The average Bonchev–Trinajstić information content (AvgIpc) is 2.72. The smallest absolute Gasteiger partial charge is 0.135 e. The Labute approximate surface area is 102 Å². The molecule has 0 N–H and O–H groups in total. The number of halogens is 1. The second-order valence-corrected chi connectivity index (χ2v) is 4.51. The Balaban J connectivity index is 2.22. The average molecular weight is 273 g/mol. The van der Waals surface area contributed by atoms with E-state index in [1.165, 1.54) is 11.1 Å². The largest absolute Gasteiger partial charge is 0.463 e. The van der Waals surface area contributed by atoms with Gasteiger partial charge in [0, 0.05) is 5.39 Å². The molecule has 0 fully saturated rings. The maximum Gasteiger partial charge on any atom is 0.135 e. The minimum atomic E-state index is 0.909. The third-order valence-corrected chi connectivity index (χ3v) is 3.25. The van der Waals surface area contributed by atoms with Crippen LogP contribution >= 0.6 is 15.9 Å². The Morgan fingerprint density at radius 2 is 1.69 bits per heavy atom. The van der Waals surface area contributed by atoms with Gasteiger partial charge in [0.25, 0.3) is 0 Å². The SMILES string of the molecule is Brc1coc2ccc(-c3ccccc3)cc12. The fourth-order valence-electron chi connectivity index (χ4n) is 1.81. The van der Waals surface area contributed by atoms with Crippen molar-refractivity contribution in [3.8, 4) is 11.1 Å². The summed E-state index contributed by atoms with van der Waals surface area (Å²) in [6, 6.07) is 16.5. The van der Waals surface area contributed by atoms with Crippen molar-refractivity contribution < 1.29 is 4.42 Å². The van der Waals surface area contributed by atoms with Crippen LogP contribution in [0.15, 0.2) is 63.7 Å². The van der Waals surface area contributed by atoms with Crippen LogP contribution in [0.5, 0.6) is 0 Å². The summed E-state index contributed by atoms with van der Waals surface area (Å²) in [7, 11) is 0. The standard InChI is InChI=1S/C14H9BrO/c15-13-9-16-14-7-6-11(8-12(13)14)10-4-2-1-3-5-10/h1-9H. The molecule has 0 amide bonds. The lowest BCUT2D eigenvalue weighted by molar-refractivity contribution is 0.614. The van der Waals surface area contributed by atoms with Crippen LogP contribution in [0.3, 0.4) is 0 Å². The molecular formula is C14H9BrO. The van der Waals surface area contributed by atoms with E-state index in [1.54, 1.807) is 6.26 Å². The van der Waals surface area contributed by atoms with E-state index in [2.05, 4.69) is 40.2 Å². The molecule has 0 saturated carbocycles. The van der Waals surface area contributed by atoms with Gasteiger partial charge in [0.05, 0.1) is 4.47 Å². The molecule has 16 heavy (non-hydrogen) atoms. The zero-order valence-corrected chi connectivity index (χ0v) is 10.1. The minimum Gasteiger partial charge on any atom is -0.463 e. The molecule has 2 heteroatoms. The zero-order chi connectivity index (χ0) is 11.0. The maximum absolute atomic E-state index is 5.39. The van der Waals surface area contributed by atoms with Crippen LogP contribution in [0.2, 0.25) is 0 Å². The number of rotatable bonds is 1. The van der Waals surface area contributed by atoms with Crippen LogP contribution < -0.4 is 0 Å². The summed E-state index contributed by atoms with van der Waals surface area (Å²) in [6.45, 7) is 0. The first-order valence-electron chi connectivity index (χ1n) is 5.07. The lowest BCUT2D eigenvalue weighted by Gasteiger charge is -2.00. The van der Waals surface area contributed by atoms with Crippen molar-refractivity contribution in [2.45, 2.75) is 0 Å². The van der Waals surface area contributed by atoms with Crippen molar-refractivity contribution in [3.05, 3.63) is 59.3 Å². The summed E-state index contributed by atoms with van der Waals surface area (Å²) in [5.41, 5.74) is 3.33. The van der Waals surface area contributed by atoms with Gasteiger partial charge in [-0.3, -0.25) is 0 Å². The second-order valence-electron chi connectivity index (χ2n) is 3.66. The fraction of sp³-hybridized carbons (Fsp3) is 0. The Morgan fingerprint density at radius 1 is 0.875 bits per heavy atom. The summed E-state index contributed by atoms with van der Waals surface area (Å²) >= 11 is 3.48. The highest BCUT2D eigenvalue weighted by Crippen LogP contribution is 2.30. The van der Waals surface area contributed by atoms with Gasteiger partial charge in [-0.25, -0.2) is 0 Å². The van der Waals surface area contributed by atoms with Gasteiger partial charge in [-0.15, -0.1) is 0 Å². The van der Waals surface area contributed by atoms with E-state index < -0.39 is 0 Å². The molecule has 0 aliphatic heterocycles. The molecule has 0 radical (unpaired) electrons. The van der Waals surface area contributed by atoms with Crippen molar-refractivity contribution in [2.24, 2.45) is 0 Å². The Kier molecular flexibility index (Phi) is 2.29. The van der Waals surface area contributed by atoms with E-state index >= 15 is 0 Å². The summed E-state index contributed by atoms with van der Waals surface area (Å²) in [6.07, 6.45) is 1.72. The number of hydrogen-bond donors (Lipinski definition) is 0. The lowest BCUT2D eigenvalue weighted by atomic mass is 10.0. The van der Waals surface area contributed by atoms with E-state index in [1.807, 2.05) is 24.3 Å². The molecule has 0 saturated heterocycles. The Morgan fingerprint density at radius 3 is 2.50 bits per heavy atom. The molecular weight excluding hydrogens is 264 g/mol. The molecule has 1 nitrogen and oxygen atoms in total. The first-order chi connectivity index (χ1) is 7.84. The second kappa shape index (κ2) is 3.80. The van der Waals surface area contributed by atoms with Gasteiger partial charge in [0.1, 0.15) is 11.8 Å². The van der Waals surface area contributed by atoms with Gasteiger partial charge in [-0.1, -0.05) is 36.4 Å². The molecule has 0 spiro atoms. The predicted molar refractivity (Wildman–Crippen MR) is 69.4 cm³/mol. The normalized spacial score (nSPS) is 10.8. The maximum atomic E-state index is 5.39. The van der Waals surface area contributed by atoms with Gasteiger partial charge in [0.15, 0.2) is 0 Å². The molecule has 78 valence electrons. The van der Waals surface area contributed by atoms with Crippen molar-refractivity contribution >= 4 is 26.9 Å². The molecule has 0 aliphatic rings. The zero-order valence-electron chi connectivity index (χ0n) is 8.48. The van der Waals surface area contributed by atoms with Crippen LogP contribution in [-0.4, -0.2) is 0 Å². The molecule has 0 atom stereocenters.